The Kier molecular flexibility index (Phi) is 6.41. The summed E-state index contributed by atoms with van der Waals surface area (Å²) in [5.41, 5.74) is -4.95. The van der Waals surface area contributed by atoms with E-state index in [0.29, 0.717) is 17.0 Å². The smallest absolute Gasteiger partial charge is 0.352 e. The topological polar surface area (TPSA) is 124 Å². The summed E-state index contributed by atoms with van der Waals surface area (Å²) in [6, 6.07) is 17.6. The predicted molar refractivity (Wildman–Crippen MR) is 178 cm³/mol. The van der Waals surface area contributed by atoms with E-state index in [0.717, 1.165) is 19.3 Å². The summed E-state index contributed by atoms with van der Waals surface area (Å²) in [6.07, 6.45) is 6.84. The van der Waals surface area contributed by atoms with Gasteiger partial charge in [0.25, 0.3) is 0 Å². The maximum atomic E-state index is 14.8. The number of fused-ring (bicyclic) bond motifs is 1. The van der Waals surface area contributed by atoms with Crippen molar-refractivity contribution in [3.63, 3.8) is 0 Å². The lowest BCUT2D eigenvalue weighted by atomic mass is 9.37. The van der Waals surface area contributed by atoms with Crippen molar-refractivity contribution in [1.29, 1.82) is 0 Å². The van der Waals surface area contributed by atoms with Crippen LogP contribution >= 0.6 is 0 Å². The van der Waals surface area contributed by atoms with Gasteiger partial charge in [-0.25, -0.2) is 31.9 Å². The number of nitrogens with zero attached hydrogens (tertiary/aromatic N) is 3. The van der Waals surface area contributed by atoms with Crippen LogP contribution in [0.4, 0.5) is 0 Å². The van der Waals surface area contributed by atoms with Crippen LogP contribution in [0.5, 0.6) is 0 Å². The van der Waals surface area contributed by atoms with Crippen molar-refractivity contribution in [3.8, 4) is 5.69 Å². The van der Waals surface area contributed by atoms with Gasteiger partial charge < -0.3 is 10.2 Å². The maximum absolute atomic E-state index is 14.8. The van der Waals surface area contributed by atoms with Gasteiger partial charge in [0, 0.05) is 18.3 Å². The minimum absolute atomic E-state index is 0.0404. The van der Waals surface area contributed by atoms with Gasteiger partial charge in [0.05, 0.1) is 39.1 Å². The van der Waals surface area contributed by atoms with Gasteiger partial charge in [-0.1, -0.05) is 69.3 Å². The van der Waals surface area contributed by atoms with Gasteiger partial charge in [-0.3, -0.25) is 0 Å². The molecule has 0 unspecified atom stereocenters. The molecule has 10 heteroatoms. The average Bonchev–Trinajstić information content (AvgIpc) is 3.53. The summed E-state index contributed by atoms with van der Waals surface area (Å²) in [4.78, 5) is 29.8. The zero-order chi connectivity index (χ0) is 33.4. The third-order valence-corrected chi connectivity index (χ3v) is 15.9. The number of hydrogen-bond donors (Lipinski definition) is 2. The molecule has 10 atom stereocenters. The Balaban J connectivity index is 1.32. The largest absolute Gasteiger partial charge is 0.393 e. The average molecular weight is 660 g/mol. The fraction of sp³-hybridized carbons (Fsp3) is 0.568. The lowest BCUT2D eigenvalue weighted by Crippen LogP contribution is -2.81. The molecule has 4 aliphatic carbocycles. The van der Waals surface area contributed by atoms with E-state index in [9.17, 15) is 28.2 Å². The molecule has 9 nitrogen and oxygen atoms in total. The Bertz CT molecular complexity index is 2010. The molecule has 0 saturated heterocycles. The number of sulfone groups is 1. The zero-order valence-electron chi connectivity index (χ0n) is 27.5. The maximum Gasteiger partial charge on any atom is 0.352 e. The minimum atomic E-state index is -3.51. The van der Waals surface area contributed by atoms with Crippen LogP contribution in [0.1, 0.15) is 66.2 Å². The highest BCUT2D eigenvalue weighted by molar-refractivity contribution is 7.91. The van der Waals surface area contributed by atoms with Crippen LogP contribution in [0.3, 0.4) is 0 Å². The molecule has 3 saturated carbocycles. The Morgan fingerprint density at radius 1 is 0.851 bits per heavy atom. The van der Waals surface area contributed by atoms with Gasteiger partial charge in [0.2, 0.25) is 0 Å². The van der Waals surface area contributed by atoms with Crippen molar-refractivity contribution in [2.45, 2.75) is 93.9 Å². The molecule has 2 spiro atoms. The molecule has 3 heterocycles. The van der Waals surface area contributed by atoms with Crippen molar-refractivity contribution in [3.05, 3.63) is 93.8 Å². The summed E-state index contributed by atoms with van der Waals surface area (Å²) in [5, 5.41) is 23.6. The molecule has 47 heavy (non-hydrogen) atoms. The van der Waals surface area contributed by atoms with E-state index in [2.05, 4.69) is 19.9 Å². The molecule has 3 fully saturated rings. The molecule has 1 aromatic heterocycles. The first kappa shape index (κ1) is 31.1. The number of hydrogen-bond acceptors (Lipinski definition) is 6. The predicted octanol–water partition coefficient (Wildman–Crippen LogP) is 4.24. The molecule has 6 aliphatic rings. The first-order chi connectivity index (χ1) is 22.2. The van der Waals surface area contributed by atoms with E-state index in [1.54, 1.807) is 64.8 Å². The monoisotopic (exact) mass is 659 g/mol. The molecule has 0 amide bonds. The van der Waals surface area contributed by atoms with Gasteiger partial charge in [-0.05, 0) is 86.0 Å². The second-order valence-electron chi connectivity index (χ2n) is 15.9. The summed E-state index contributed by atoms with van der Waals surface area (Å²) < 4.78 is 31.7. The zero-order valence-corrected chi connectivity index (χ0v) is 28.4. The number of benzene rings is 2. The number of rotatable bonds is 5. The molecular formula is C37H45N3O6S. The Morgan fingerprint density at radius 2 is 1.49 bits per heavy atom. The summed E-state index contributed by atoms with van der Waals surface area (Å²) in [7, 11) is -3.51. The highest BCUT2D eigenvalue weighted by Crippen LogP contribution is 2.75. The van der Waals surface area contributed by atoms with Crippen LogP contribution in [-0.2, 0) is 20.9 Å². The molecule has 2 aromatic carbocycles. The molecule has 3 aromatic rings. The summed E-state index contributed by atoms with van der Waals surface area (Å²) >= 11 is 0. The lowest BCUT2D eigenvalue weighted by molar-refractivity contribution is -0.272. The Hall–Kier alpha value is -3.21. The van der Waals surface area contributed by atoms with Crippen LogP contribution in [0.2, 0.25) is 0 Å². The Morgan fingerprint density at radius 3 is 2.17 bits per heavy atom. The fourth-order valence-electron chi connectivity index (χ4n) is 12.1. The molecular weight excluding hydrogens is 614 g/mol. The third-order valence-electron chi connectivity index (χ3n) is 14.0. The normalized spacial score (nSPS) is 40.7. The van der Waals surface area contributed by atoms with Gasteiger partial charge in [0.15, 0.2) is 9.84 Å². The fourth-order valence-corrected chi connectivity index (χ4v) is 13.7. The molecule has 2 aliphatic heterocycles. The van der Waals surface area contributed by atoms with Gasteiger partial charge in [0.1, 0.15) is 0 Å². The van der Waals surface area contributed by atoms with Crippen LogP contribution in [0.15, 0.2) is 87.3 Å². The van der Waals surface area contributed by atoms with E-state index >= 15 is 0 Å². The van der Waals surface area contributed by atoms with Crippen LogP contribution in [0.25, 0.3) is 5.69 Å². The van der Waals surface area contributed by atoms with Crippen molar-refractivity contribution in [1.82, 2.24) is 13.9 Å². The van der Waals surface area contributed by atoms with E-state index < -0.39 is 49.4 Å². The number of aliphatic hydroxyl groups is 2. The van der Waals surface area contributed by atoms with E-state index in [1.807, 2.05) is 25.1 Å². The van der Waals surface area contributed by atoms with E-state index in [4.69, 9.17) is 0 Å². The van der Waals surface area contributed by atoms with Gasteiger partial charge in [-0.2, -0.15) is 0 Å². The van der Waals surface area contributed by atoms with E-state index in [-0.39, 0.29) is 47.7 Å². The summed E-state index contributed by atoms with van der Waals surface area (Å²) in [6.45, 7) is 8.19. The number of allylic oxidation sites excluding steroid dienone is 2. The minimum Gasteiger partial charge on any atom is -0.393 e. The quantitative estimate of drug-likeness (QED) is 0.395. The van der Waals surface area contributed by atoms with Crippen LogP contribution in [0, 0.1) is 34.5 Å². The van der Waals surface area contributed by atoms with Crippen molar-refractivity contribution >= 4 is 9.84 Å². The number of aromatic nitrogens is 3. The molecule has 250 valence electrons. The number of aliphatic hydroxyl groups excluding tert-OH is 1. The van der Waals surface area contributed by atoms with Crippen molar-refractivity contribution in [2.24, 2.45) is 34.5 Å². The first-order valence-corrected chi connectivity index (χ1v) is 18.7. The first-order valence-electron chi connectivity index (χ1n) is 17.1. The van der Waals surface area contributed by atoms with E-state index in [1.165, 1.54) is 4.57 Å². The highest BCUT2D eigenvalue weighted by atomic mass is 32.2. The van der Waals surface area contributed by atoms with Crippen LogP contribution < -0.4 is 11.4 Å². The van der Waals surface area contributed by atoms with Crippen LogP contribution in [-0.4, -0.2) is 50.0 Å². The highest BCUT2D eigenvalue weighted by Gasteiger charge is 2.79. The SMILES string of the molecule is C[C@H](CS(=O)(=O)c1ccccc1)[C@H]1CC[C@@H]2[C@]1(C)CC[C@H]1[C@]23C=C[C@]2(C[C@@H](O)C[C@](C)(O)[C@]12C)n1c(=O)n(-c2ccccc2)c(=O)n13. The van der Waals surface area contributed by atoms with Gasteiger partial charge in [-0.15, -0.1) is 0 Å². The lowest BCUT2D eigenvalue weighted by Gasteiger charge is -2.74. The van der Waals surface area contributed by atoms with Crippen molar-refractivity contribution in [2.75, 3.05) is 5.75 Å². The van der Waals surface area contributed by atoms with Crippen molar-refractivity contribution < 1.29 is 18.6 Å². The molecule has 0 radical (unpaired) electrons. The van der Waals surface area contributed by atoms with Gasteiger partial charge >= 0.3 is 11.4 Å². The summed E-state index contributed by atoms with van der Waals surface area (Å²) in [5.74, 6) is -0.277. The second kappa shape index (κ2) is 9.70. The Labute approximate surface area is 275 Å². The molecule has 2 bridgehead atoms. The standard InChI is InChI=1S/C37H45N3O6S/c1-24(23-47(45,46)27-13-9-6-10-14-27)28-15-16-29-33(28,2)18-17-30-35(4)34(3,44)21-26(41)22-36(35)19-20-37(29,30)40-32(43)38(31(42)39(36)40)25-11-7-5-8-12-25/h5-14,19-20,24,26,28-30,41,44H,15-18,21-23H2,1-4H3/t24-,26+,28-,29-,30-,33-,34+,35+,36-,37+/m1/s1. The third kappa shape index (κ3) is 3.64. The molecule has 2 N–H and O–H groups in total. The number of para-hydroxylation sites is 1. The molecule has 9 rings (SSSR count). The second-order valence-corrected chi connectivity index (χ2v) is 18.0.